The first-order valence-corrected chi connectivity index (χ1v) is 5.38. The Balaban J connectivity index is 2.34. The van der Waals surface area contributed by atoms with Gasteiger partial charge < -0.3 is 0 Å². The van der Waals surface area contributed by atoms with E-state index in [9.17, 15) is 0 Å². The summed E-state index contributed by atoms with van der Waals surface area (Å²) in [4.78, 5) is 0. The Morgan fingerprint density at radius 1 is 1.20 bits per heavy atom. The number of benzene rings is 1. The maximum atomic E-state index is 3.06. The molecule has 15 heavy (non-hydrogen) atoms. The number of rotatable bonds is 2. The van der Waals surface area contributed by atoms with E-state index in [0.717, 1.165) is 6.42 Å². The van der Waals surface area contributed by atoms with Crippen LogP contribution in [0.5, 0.6) is 0 Å². The molecule has 0 heteroatoms. The van der Waals surface area contributed by atoms with Crippen molar-refractivity contribution in [2.75, 3.05) is 0 Å². The van der Waals surface area contributed by atoms with Crippen molar-refractivity contribution in [2.24, 2.45) is 0 Å². The molecule has 0 aromatic heterocycles. The lowest BCUT2D eigenvalue weighted by molar-refractivity contribution is 0.634. The van der Waals surface area contributed by atoms with E-state index < -0.39 is 0 Å². The van der Waals surface area contributed by atoms with Crippen molar-refractivity contribution in [3.63, 3.8) is 0 Å². The van der Waals surface area contributed by atoms with E-state index in [-0.39, 0.29) is 5.41 Å². The van der Waals surface area contributed by atoms with Crippen LogP contribution in [0.15, 0.2) is 48.1 Å². The molecule has 0 N–H and O–H groups in total. The van der Waals surface area contributed by atoms with E-state index in [4.69, 9.17) is 0 Å². The average molecular weight is 196 g/mol. The minimum Gasteiger partial charge on any atom is -0.0802 e. The quantitative estimate of drug-likeness (QED) is 0.674. The second-order valence-corrected chi connectivity index (χ2v) is 4.40. The molecule has 0 saturated heterocycles. The molecule has 1 aromatic carbocycles. The highest BCUT2D eigenvalue weighted by Gasteiger charge is 2.23. The Hall–Kier alpha value is -1.30. The zero-order chi connectivity index (χ0) is 10.7. The van der Waals surface area contributed by atoms with Gasteiger partial charge in [-0.15, -0.1) is 0 Å². The molecule has 0 unspecified atom stereocenters. The summed E-state index contributed by atoms with van der Waals surface area (Å²) in [6, 6.07) is 11.3. The van der Waals surface area contributed by atoms with Gasteiger partial charge in [-0.2, -0.15) is 0 Å². The van der Waals surface area contributed by atoms with Crippen molar-refractivity contribution in [2.45, 2.75) is 25.7 Å². The van der Waals surface area contributed by atoms with Crippen molar-refractivity contribution < 1.29 is 0 Å². The van der Waals surface area contributed by atoms with E-state index in [0.29, 0.717) is 0 Å². The van der Waals surface area contributed by atoms with Crippen molar-refractivity contribution in [3.8, 4) is 0 Å². The van der Waals surface area contributed by atoms with Crippen LogP contribution in [-0.2, 0) is 5.41 Å². The SMILES string of the molecule is CC(C)(C1=CC[CH]C=C1)c1cc[c]cc1. The highest BCUT2D eigenvalue weighted by Crippen LogP contribution is 2.33. The van der Waals surface area contributed by atoms with E-state index >= 15 is 0 Å². The Kier molecular flexibility index (Phi) is 2.77. The van der Waals surface area contributed by atoms with Crippen LogP contribution in [0.1, 0.15) is 25.8 Å². The van der Waals surface area contributed by atoms with Gasteiger partial charge in [-0.3, -0.25) is 0 Å². The second kappa shape index (κ2) is 4.06. The molecule has 1 aliphatic carbocycles. The summed E-state index contributed by atoms with van der Waals surface area (Å²) in [6.45, 7) is 4.54. The summed E-state index contributed by atoms with van der Waals surface area (Å²) in [5, 5.41) is 0. The molecular weight excluding hydrogens is 180 g/mol. The van der Waals surface area contributed by atoms with Gasteiger partial charge in [0, 0.05) is 5.41 Å². The predicted octanol–water partition coefficient (Wildman–Crippen LogP) is 3.85. The minimum absolute atomic E-state index is 0.0971. The summed E-state index contributed by atoms with van der Waals surface area (Å²) in [5.74, 6) is 0. The Morgan fingerprint density at radius 2 is 1.93 bits per heavy atom. The third-order valence-corrected chi connectivity index (χ3v) is 3.05. The van der Waals surface area contributed by atoms with Gasteiger partial charge in [0.15, 0.2) is 0 Å². The van der Waals surface area contributed by atoms with E-state index in [1.807, 2.05) is 12.1 Å². The Morgan fingerprint density at radius 3 is 2.53 bits per heavy atom. The third kappa shape index (κ3) is 2.04. The van der Waals surface area contributed by atoms with Crippen LogP contribution in [0.25, 0.3) is 0 Å². The first kappa shape index (κ1) is 10.2. The Bertz CT molecular complexity index is 380. The molecule has 1 aliphatic rings. The summed E-state index contributed by atoms with van der Waals surface area (Å²) >= 11 is 0. The van der Waals surface area contributed by atoms with Gasteiger partial charge in [0.1, 0.15) is 0 Å². The molecule has 0 bridgehead atoms. The van der Waals surface area contributed by atoms with E-state index in [1.165, 1.54) is 11.1 Å². The van der Waals surface area contributed by atoms with Crippen molar-refractivity contribution in [1.82, 2.24) is 0 Å². The minimum atomic E-state index is 0.0971. The molecule has 1 aromatic rings. The first-order chi connectivity index (χ1) is 7.21. The van der Waals surface area contributed by atoms with Gasteiger partial charge in [-0.05, 0) is 30.0 Å². The smallest absolute Gasteiger partial charge is 0.0143 e. The Labute approximate surface area is 92.3 Å². The molecule has 0 aliphatic heterocycles. The van der Waals surface area contributed by atoms with Crippen LogP contribution in [0.4, 0.5) is 0 Å². The highest BCUT2D eigenvalue weighted by atomic mass is 14.3. The molecular formula is C15H16. The lowest BCUT2D eigenvalue weighted by atomic mass is 9.76. The molecule has 2 rings (SSSR count). The number of hydrogen-bond acceptors (Lipinski definition) is 0. The maximum Gasteiger partial charge on any atom is 0.0143 e. The monoisotopic (exact) mass is 196 g/mol. The maximum absolute atomic E-state index is 3.06. The largest absolute Gasteiger partial charge is 0.0802 e. The zero-order valence-electron chi connectivity index (χ0n) is 9.33. The van der Waals surface area contributed by atoms with Crippen molar-refractivity contribution in [1.29, 1.82) is 0 Å². The lowest BCUT2D eigenvalue weighted by Crippen LogP contribution is -2.20. The number of allylic oxidation sites excluding steroid dienone is 4. The van der Waals surface area contributed by atoms with Gasteiger partial charge in [-0.25, -0.2) is 0 Å². The highest BCUT2D eigenvalue weighted by molar-refractivity contribution is 5.42. The molecule has 0 heterocycles. The fraction of sp³-hybridized carbons (Fsp3) is 0.267. The summed E-state index contributed by atoms with van der Waals surface area (Å²) in [7, 11) is 0. The molecule has 0 amide bonds. The van der Waals surface area contributed by atoms with Crippen LogP contribution in [0.3, 0.4) is 0 Å². The third-order valence-electron chi connectivity index (χ3n) is 3.05. The van der Waals surface area contributed by atoms with Gasteiger partial charge in [-0.1, -0.05) is 56.3 Å². The molecule has 0 atom stereocenters. The summed E-state index contributed by atoms with van der Waals surface area (Å²) < 4.78 is 0. The number of hydrogen-bond donors (Lipinski definition) is 0. The van der Waals surface area contributed by atoms with Gasteiger partial charge in [0.05, 0.1) is 0 Å². The average Bonchev–Trinajstić information content (AvgIpc) is 2.31. The summed E-state index contributed by atoms with van der Waals surface area (Å²) in [6.07, 6.45) is 9.88. The molecule has 0 spiro atoms. The zero-order valence-corrected chi connectivity index (χ0v) is 9.33. The van der Waals surface area contributed by atoms with Crippen LogP contribution in [0.2, 0.25) is 0 Å². The standard InChI is InChI=1S/C15H16/c1-15(2,13-9-5-3-6-10-13)14-11-7-4-8-12-14/h3,5,7-12H,6H2,1-2H3. The molecule has 0 saturated carbocycles. The predicted molar refractivity (Wildman–Crippen MR) is 64.4 cm³/mol. The van der Waals surface area contributed by atoms with Crippen LogP contribution in [0, 0.1) is 12.5 Å². The van der Waals surface area contributed by atoms with Crippen LogP contribution in [-0.4, -0.2) is 0 Å². The fourth-order valence-electron chi connectivity index (χ4n) is 1.95. The van der Waals surface area contributed by atoms with Gasteiger partial charge >= 0.3 is 0 Å². The normalized spacial score (nSPS) is 16.3. The second-order valence-electron chi connectivity index (χ2n) is 4.40. The van der Waals surface area contributed by atoms with Crippen molar-refractivity contribution >= 4 is 0 Å². The van der Waals surface area contributed by atoms with Crippen LogP contribution >= 0.6 is 0 Å². The van der Waals surface area contributed by atoms with Gasteiger partial charge in [0.2, 0.25) is 0 Å². The molecule has 0 fully saturated rings. The molecule has 2 radical (unpaired) electrons. The van der Waals surface area contributed by atoms with E-state index in [2.05, 4.69) is 56.7 Å². The van der Waals surface area contributed by atoms with Crippen molar-refractivity contribution in [3.05, 3.63) is 66.1 Å². The molecule has 76 valence electrons. The van der Waals surface area contributed by atoms with Crippen LogP contribution < -0.4 is 0 Å². The van der Waals surface area contributed by atoms with Gasteiger partial charge in [0.25, 0.3) is 0 Å². The fourth-order valence-corrected chi connectivity index (χ4v) is 1.95. The molecule has 0 nitrogen and oxygen atoms in total. The topological polar surface area (TPSA) is 0 Å². The first-order valence-electron chi connectivity index (χ1n) is 5.38. The van der Waals surface area contributed by atoms with E-state index in [1.54, 1.807) is 0 Å². The summed E-state index contributed by atoms with van der Waals surface area (Å²) in [5.41, 5.74) is 2.84. The lowest BCUT2D eigenvalue weighted by Gasteiger charge is -2.28.